The molecule has 0 aromatic heterocycles. The van der Waals surface area contributed by atoms with Crippen molar-refractivity contribution in [1.29, 1.82) is 5.26 Å². The summed E-state index contributed by atoms with van der Waals surface area (Å²) in [7, 11) is 2.04. The topological polar surface area (TPSA) is 48.3 Å². The first kappa shape index (κ1) is 22.6. The molecule has 1 aromatic carbocycles. The maximum Gasteiger partial charge on any atom is 0.0702 e. The molecule has 1 aliphatic rings. The number of nitriles is 1. The normalized spacial score (nSPS) is 17.7. The number of hydrogen-bond donors (Lipinski definition) is 2. The van der Waals surface area contributed by atoms with Crippen LogP contribution < -0.4 is 5.32 Å². The highest BCUT2D eigenvalue weighted by atomic mass is 35.5. The van der Waals surface area contributed by atoms with Gasteiger partial charge in [-0.2, -0.15) is 17.9 Å². The molecule has 1 heterocycles. The summed E-state index contributed by atoms with van der Waals surface area (Å²) in [6, 6.07) is 7.62. The van der Waals surface area contributed by atoms with E-state index in [2.05, 4.69) is 28.9 Å². The molecule has 2 rings (SSSR count). The Bertz CT molecular complexity index is 546. The molecule has 1 saturated heterocycles. The van der Waals surface area contributed by atoms with Crippen LogP contribution in [0, 0.1) is 11.3 Å². The third kappa shape index (κ3) is 10.3. The first-order valence-electron chi connectivity index (χ1n) is 8.45. The lowest BCUT2D eigenvalue weighted by Gasteiger charge is -2.18. The highest BCUT2D eigenvalue weighted by Crippen LogP contribution is 2.20. The fraction of sp³-hybridized carbons (Fsp3) is 0.611. The molecule has 0 bridgehead atoms. The van der Waals surface area contributed by atoms with Crippen LogP contribution in [-0.2, 0) is 11.3 Å². The van der Waals surface area contributed by atoms with Gasteiger partial charge in [0.2, 0.25) is 0 Å². The summed E-state index contributed by atoms with van der Waals surface area (Å²) in [5, 5.41) is 13.0. The van der Waals surface area contributed by atoms with Crippen molar-refractivity contribution in [3.05, 3.63) is 33.8 Å². The molecule has 0 spiro atoms. The fourth-order valence-electron chi connectivity index (χ4n) is 2.39. The van der Waals surface area contributed by atoms with E-state index in [0.29, 0.717) is 29.1 Å². The number of ether oxygens (including phenoxy) is 1. The molecule has 0 aliphatic carbocycles. The van der Waals surface area contributed by atoms with Crippen molar-refractivity contribution < 1.29 is 4.74 Å². The van der Waals surface area contributed by atoms with E-state index in [1.807, 2.05) is 26.1 Å². The van der Waals surface area contributed by atoms with Gasteiger partial charge in [-0.25, -0.2) is 0 Å². The Balaban J connectivity index is 0.000000251. The van der Waals surface area contributed by atoms with Gasteiger partial charge in [0.1, 0.15) is 0 Å². The second-order valence-electron chi connectivity index (χ2n) is 6.10. The zero-order valence-electron chi connectivity index (χ0n) is 14.8. The van der Waals surface area contributed by atoms with Gasteiger partial charge >= 0.3 is 0 Å². The van der Waals surface area contributed by atoms with E-state index in [9.17, 15) is 0 Å². The zero-order chi connectivity index (χ0) is 18.7. The van der Waals surface area contributed by atoms with Crippen molar-refractivity contribution in [1.82, 2.24) is 10.2 Å². The standard InChI is InChI=1S/C9H11Cl2NS.C9H16N2O/c1-6(13)12-5-7-2-3-8(10)4-9(7)11;1-11(6-3-5-10)8-9-4-2-7-12-9/h2-4,6,12-13H,5H2,1H3;9H,2-4,6-8H2,1H3. The molecule has 7 heteroatoms. The summed E-state index contributed by atoms with van der Waals surface area (Å²) in [4.78, 5) is 2.17. The number of likely N-dealkylation sites (N-methyl/N-ethyl adjacent to an activating group) is 1. The molecule has 25 heavy (non-hydrogen) atoms. The van der Waals surface area contributed by atoms with Gasteiger partial charge in [-0.05, 0) is 44.5 Å². The minimum absolute atomic E-state index is 0.159. The van der Waals surface area contributed by atoms with Gasteiger partial charge < -0.3 is 15.0 Å². The Labute approximate surface area is 166 Å². The monoisotopic (exact) mass is 403 g/mol. The molecule has 1 aliphatic heterocycles. The average Bonchev–Trinajstić information content (AvgIpc) is 3.05. The lowest BCUT2D eigenvalue weighted by molar-refractivity contribution is 0.0818. The lowest BCUT2D eigenvalue weighted by Crippen LogP contribution is -2.29. The summed E-state index contributed by atoms with van der Waals surface area (Å²) in [6.45, 7) is 5.42. The molecule has 0 amide bonds. The van der Waals surface area contributed by atoms with E-state index in [4.69, 9.17) is 33.2 Å². The SMILES string of the molecule is CC(S)NCc1ccc(Cl)cc1Cl.CN(CCC#N)CC1CCCO1. The number of hydrogen-bond acceptors (Lipinski definition) is 5. The van der Waals surface area contributed by atoms with E-state index in [1.54, 1.807) is 6.07 Å². The molecule has 1 fully saturated rings. The summed E-state index contributed by atoms with van der Waals surface area (Å²) in [6.07, 6.45) is 3.39. The van der Waals surface area contributed by atoms with E-state index in [0.717, 1.165) is 25.3 Å². The van der Waals surface area contributed by atoms with Gasteiger partial charge in [-0.1, -0.05) is 29.3 Å². The van der Waals surface area contributed by atoms with E-state index < -0.39 is 0 Å². The quantitative estimate of drug-likeness (QED) is 0.523. The van der Waals surface area contributed by atoms with Crippen LogP contribution in [0.3, 0.4) is 0 Å². The van der Waals surface area contributed by atoms with Crippen LogP contribution >= 0.6 is 35.8 Å². The summed E-state index contributed by atoms with van der Waals surface area (Å²) in [5.74, 6) is 0. The van der Waals surface area contributed by atoms with E-state index in [-0.39, 0.29) is 5.37 Å². The molecule has 0 saturated carbocycles. The van der Waals surface area contributed by atoms with Crippen LogP contribution in [0.15, 0.2) is 18.2 Å². The van der Waals surface area contributed by atoms with Crippen molar-refractivity contribution >= 4 is 35.8 Å². The van der Waals surface area contributed by atoms with Gasteiger partial charge in [0.25, 0.3) is 0 Å². The van der Waals surface area contributed by atoms with Crippen LogP contribution in [-0.4, -0.2) is 43.1 Å². The maximum atomic E-state index is 8.37. The number of thiol groups is 1. The number of benzene rings is 1. The van der Waals surface area contributed by atoms with Crippen LogP contribution in [0.1, 0.15) is 31.7 Å². The summed E-state index contributed by atoms with van der Waals surface area (Å²) >= 11 is 15.9. The first-order chi connectivity index (χ1) is 11.9. The average molecular weight is 404 g/mol. The molecule has 2 unspecified atom stereocenters. The summed E-state index contributed by atoms with van der Waals surface area (Å²) < 4.78 is 5.48. The van der Waals surface area contributed by atoms with Gasteiger partial charge in [0.05, 0.1) is 12.2 Å². The van der Waals surface area contributed by atoms with Gasteiger partial charge in [0.15, 0.2) is 0 Å². The second-order valence-corrected chi connectivity index (χ2v) is 7.72. The van der Waals surface area contributed by atoms with Gasteiger partial charge in [-0.3, -0.25) is 0 Å². The lowest BCUT2D eigenvalue weighted by atomic mass is 10.2. The Hall–Kier alpha value is -0.480. The van der Waals surface area contributed by atoms with Gasteiger partial charge in [-0.15, -0.1) is 0 Å². The number of nitrogens with zero attached hydrogens (tertiary/aromatic N) is 2. The highest BCUT2D eigenvalue weighted by molar-refractivity contribution is 7.80. The molecule has 140 valence electrons. The predicted octanol–water partition coefficient (Wildman–Crippen LogP) is 4.37. The van der Waals surface area contributed by atoms with Crippen molar-refractivity contribution in [3.63, 3.8) is 0 Å². The smallest absolute Gasteiger partial charge is 0.0702 e. The predicted molar refractivity (Wildman–Crippen MR) is 108 cm³/mol. The third-order valence-corrected chi connectivity index (χ3v) is 4.52. The number of halogens is 2. The minimum atomic E-state index is 0.159. The molecule has 1 N–H and O–H groups in total. The number of nitrogens with one attached hydrogen (secondary N) is 1. The number of rotatable bonds is 7. The maximum absolute atomic E-state index is 8.37. The van der Waals surface area contributed by atoms with Crippen molar-refractivity contribution in [2.45, 2.75) is 44.2 Å². The molecule has 0 radical (unpaired) electrons. The third-order valence-electron chi connectivity index (χ3n) is 3.75. The Morgan fingerprint density at radius 3 is 2.80 bits per heavy atom. The Morgan fingerprint density at radius 1 is 1.48 bits per heavy atom. The van der Waals surface area contributed by atoms with Crippen LogP contribution in [0.2, 0.25) is 10.0 Å². The molecule has 4 nitrogen and oxygen atoms in total. The zero-order valence-corrected chi connectivity index (χ0v) is 17.2. The molecule has 1 aromatic rings. The van der Waals surface area contributed by atoms with Crippen LogP contribution in [0.4, 0.5) is 0 Å². The van der Waals surface area contributed by atoms with Crippen molar-refractivity contribution in [2.75, 3.05) is 26.7 Å². The Kier molecular flexibility index (Phi) is 11.6. The highest BCUT2D eigenvalue weighted by Gasteiger charge is 2.16. The first-order valence-corrected chi connectivity index (χ1v) is 9.72. The van der Waals surface area contributed by atoms with Crippen LogP contribution in [0.25, 0.3) is 0 Å². The van der Waals surface area contributed by atoms with E-state index in [1.165, 1.54) is 12.8 Å². The second kappa shape index (κ2) is 12.8. The van der Waals surface area contributed by atoms with Gasteiger partial charge in [0, 0.05) is 48.1 Å². The largest absolute Gasteiger partial charge is 0.377 e. The van der Waals surface area contributed by atoms with Crippen molar-refractivity contribution in [2.24, 2.45) is 0 Å². The molecule has 2 atom stereocenters. The summed E-state index contributed by atoms with van der Waals surface area (Å²) in [5.41, 5.74) is 1.03. The van der Waals surface area contributed by atoms with Crippen LogP contribution in [0.5, 0.6) is 0 Å². The van der Waals surface area contributed by atoms with E-state index >= 15 is 0 Å². The molecular weight excluding hydrogens is 377 g/mol. The minimum Gasteiger partial charge on any atom is -0.377 e. The van der Waals surface area contributed by atoms with Crippen molar-refractivity contribution in [3.8, 4) is 6.07 Å². The Morgan fingerprint density at radius 2 is 2.24 bits per heavy atom. The fourth-order valence-corrected chi connectivity index (χ4v) is 2.96. The molecular formula is C18H27Cl2N3OS.